The molecule has 0 spiro atoms. The molecule has 0 saturated carbocycles. The number of hydrogen-bond acceptors (Lipinski definition) is 2. The van der Waals surface area contributed by atoms with E-state index in [4.69, 9.17) is 0 Å². The highest BCUT2D eigenvalue weighted by atomic mass is 19.1. The fourth-order valence-electron chi connectivity index (χ4n) is 1.41. The third-order valence-corrected chi connectivity index (χ3v) is 2.17. The minimum Gasteiger partial charge on any atom is -0.296 e. The Hall–Kier alpha value is -1.77. The van der Waals surface area contributed by atoms with Crippen LogP contribution in [-0.2, 0) is 0 Å². The molecule has 0 saturated heterocycles. The summed E-state index contributed by atoms with van der Waals surface area (Å²) in [5.41, 5.74) is 1.46. The first-order chi connectivity index (χ1) is 6.72. The maximum atomic E-state index is 13.3. The minimum absolute atomic E-state index is 0.252. The molecule has 0 amide bonds. The first-order valence-electron chi connectivity index (χ1n) is 4.23. The van der Waals surface area contributed by atoms with E-state index in [1.165, 1.54) is 6.07 Å². The molecule has 0 bridgehead atoms. The molecule has 0 atom stereocenters. The van der Waals surface area contributed by atoms with E-state index in [-0.39, 0.29) is 11.2 Å². The highest BCUT2D eigenvalue weighted by Gasteiger charge is 2.05. The summed E-state index contributed by atoms with van der Waals surface area (Å²) in [6.45, 7) is 1.88. The molecule has 0 aliphatic rings. The fourth-order valence-corrected chi connectivity index (χ4v) is 1.41. The molecule has 2 aromatic rings. The van der Waals surface area contributed by atoms with Crippen LogP contribution in [0.5, 0.6) is 0 Å². The zero-order chi connectivity index (χ0) is 10.1. The number of benzene rings is 1. The number of hydrogen-bond donors (Lipinski definition) is 0. The molecule has 3 heteroatoms. The van der Waals surface area contributed by atoms with E-state index in [9.17, 15) is 9.18 Å². The lowest BCUT2D eigenvalue weighted by atomic mass is 10.1. The molecule has 0 aliphatic heterocycles. The number of aryl methyl sites for hydroxylation is 1. The van der Waals surface area contributed by atoms with Gasteiger partial charge in [0.25, 0.3) is 0 Å². The summed E-state index contributed by atoms with van der Waals surface area (Å²) in [4.78, 5) is 14.4. The second kappa shape index (κ2) is 3.18. The van der Waals surface area contributed by atoms with Gasteiger partial charge in [-0.15, -0.1) is 0 Å². The van der Waals surface area contributed by atoms with Gasteiger partial charge < -0.3 is 0 Å². The van der Waals surface area contributed by atoms with E-state index >= 15 is 0 Å². The molecule has 1 aromatic carbocycles. The second-order valence-electron chi connectivity index (χ2n) is 3.11. The Labute approximate surface area is 80.4 Å². The van der Waals surface area contributed by atoms with Gasteiger partial charge in [-0.1, -0.05) is 12.1 Å². The second-order valence-corrected chi connectivity index (χ2v) is 3.11. The van der Waals surface area contributed by atoms with Gasteiger partial charge >= 0.3 is 0 Å². The quantitative estimate of drug-likeness (QED) is 0.645. The van der Waals surface area contributed by atoms with Crippen molar-refractivity contribution in [2.45, 2.75) is 6.92 Å². The molecular weight excluding hydrogens is 181 g/mol. The van der Waals surface area contributed by atoms with Crippen LogP contribution >= 0.6 is 0 Å². The molecular formula is C11H8FNO. The van der Waals surface area contributed by atoms with E-state index in [1.807, 2.05) is 6.92 Å². The van der Waals surface area contributed by atoms with Gasteiger partial charge in [-0.2, -0.15) is 0 Å². The standard InChI is InChI=1S/C11H8FNO/c1-7-2-5-10(12)11-9(7)4-3-8(6-14)13-11/h2-6H,1H3. The normalized spacial score (nSPS) is 10.4. The maximum absolute atomic E-state index is 13.3. The highest BCUT2D eigenvalue weighted by molar-refractivity contribution is 5.86. The van der Waals surface area contributed by atoms with Crippen molar-refractivity contribution >= 4 is 17.2 Å². The molecule has 14 heavy (non-hydrogen) atoms. The number of rotatable bonds is 1. The molecule has 2 rings (SSSR count). The molecule has 70 valence electrons. The average molecular weight is 189 g/mol. The summed E-state index contributed by atoms with van der Waals surface area (Å²) in [7, 11) is 0. The number of fused-ring (bicyclic) bond motifs is 1. The van der Waals surface area contributed by atoms with Crippen molar-refractivity contribution in [3.8, 4) is 0 Å². The lowest BCUT2D eigenvalue weighted by molar-refractivity contribution is 0.111. The zero-order valence-corrected chi connectivity index (χ0v) is 7.62. The summed E-state index contributed by atoms with van der Waals surface area (Å²) >= 11 is 0. The Kier molecular flexibility index (Phi) is 2.00. The lowest BCUT2D eigenvalue weighted by Gasteiger charge is -2.02. The Balaban J connectivity index is 2.86. The van der Waals surface area contributed by atoms with E-state index in [0.29, 0.717) is 6.29 Å². The summed E-state index contributed by atoms with van der Waals surface area (Å²) in [5, 5.41) is 0.746. The predicted octanol–water partition coefficient (Wildman–Crippen LogP) is 2.49. The van der Waals surface area contributed by atoms with Gasteiger partial charge in [0, 0.05) is 5.39 Å². The van der Waals surface area contributed by atoms with Gasteiger partial charge in [-0.3, -0.25) is 4.79 Å². The molecule has 0 N–H and O–H groups in total. The first-order valence-corrected chi connectivity index (χ1v) is 4.23. The van der Waals surface area contributed by atoms with Crippen LogP contribution in [0.15, 0.2) is 24.3 Å². The van der Waals surface area contributed by atoms with Crippen molar-refractivity contribution < 1.29 is 9.18 Å². The highest BCUT2D eigenvalue weighted by Crippen LogP contribution is 2.19. The summed E-state index contributed by atoms with van der Waals surface area (Å²) in [5.74, 6) is -0.394. The Bertz CT molecular complexity index is 508. The number of aromatic nitrogens is 1. The van der Waals surface area contributed by atoms with Crippen molar-refractivity contribution in [3.05, 3.63) is 41.3 Å². The number of halogens is 1. The lowest BCUT2D eigenvalue weighted by Crippen LogP contribution is -1.91. The third kappa shape index (κ3) is 1.27. The molecule has 0 aliphatic carbocycles. The van der Waals surface area contributed by atoms with Gasteiger partial charge in [0.15, 0.2) is 6.29 Å². The Morgan fingerprint density at radius 1 is 1.29 bits per heavy atom. The van der Waals surface area contributed by atoms with Crippen LogP contribution in [0.4, 0.5) is 4.39 Å². The number of pyridine rings is 1. The average Bonchev–Trinajstić information content (AvgIpc) is 2.23. The summed E-state index contributed by atoms with van der Waals surface area (Å²) < 4.78 is 13.3. The molecule has 0 fully saturated rings. The number of aldehydes is 1. The molecule has 0 unspecified atom stereocenters. The third-order valence-electron chi connectivity index (χ3n) is 2.17. The van der Waals surface area contributed by atoms with Crippen LogP contribution in [0.3, 0.4) is 0 Å². The largest absolute Gasteiger partial charge is 0.296 e. The van der Waals surface area contributed by atoms with Crippen LogP contribution in [0.25, 0.3) is 10.9 Å². The van der Waals surface area contributed by atoms with Crippen molar-refractivity contribution in [2.75, 3.05) is 0 Å². The molecule has 1 aromatic heterocycles. The molecule has 2 nitrogen and oxygen atoms in total. The van der Waals surface area contributed by atoms with Gasteiger partial charge in [0.05, 0.1) is 0 Å². The predicted molar refractivity (Wildman–Crippen MR) is 51.8 cm³/mol. The van der Waals surface area contributed by atoms with Crippen molar-refractivity contribution in [3.63, 3.8) is 0 Å². The van der Waals surface area contributed by atoms with Crippen molar-refractivity contribution in [1.82, 2.24) is 4.98 Å². The number of carbonyl (C=O) groups is 1. The van der Waals surface area contributed by atoms with E-state index in [2.05, 4.69) is 4.98 Å². The number of carbonyl (C=O) groups excluding carboxylic acids is 1. The Morgan fingerprint density at radius 2 is 2.07 bits per heavy atom. The summed E-state index contributed by atoms with van der Waals surface area (Å²) in [6, 6.07) is 6.35. The van der Waals surface area contributed by atoms with Crippen molar-refractivity contribution in [2.24, 2.45) is 0 Å². The van der Waals surface area contributed by atoms with Crippen LogP contribution in [-0.4, -0.2) is 11.3 Å². The van der Waals surface area contributed by atoms with E-state index in [0.717, 1.165) is 10.9 Å². The minimum atomic E-state index is -0.394. The van der Waals surface area contributed by atoms with Gasteiger partial charge in [0.1, 0.15) is 17.0 Å². The first kappa shape index (κ1) is 8.81. The van der Waals surface area contributed by atoms with Crippen LogP contribution in [0, 0.1) is 12.7 Å². The van der Waals surface area contributed by atoms with Crippen LogP contribution in [0.1, 0.15) is 16.1 Å². The van der Waals surface area contributed by atoms with Gasteiger partial charge in [0.2, 0.25) is 0 Å². The fraction of sp³-hybridized carbons (Fsp3) is 0.0909. The zero-order valence-electron chi connectivity index (χ0n) is 7.62. The monoisotopic (exact) mass is 189 g/mol. The topological polar surface area (TPSA) is 30.0 Å². The summed E-state index contributed by atoms with van der Waals surface area (Å²) in [6.07, 6.45) is 0.612. The van der Waals surface area contributed by atoms with Crippen LogP contribution < -0.4 is 0 Å². The SMILES string of the molecule is Cc1ccc(F)c2nc(C=O)ccc12. The molecule has 1 heterocycles. The van der Waals surface area contributed by atoms with Crippen molar-refractivity contribution in [1.29, 1.82) is 0 Å². The molecule has 0 radical (unpaired) electrons. The van der Waals surface area contributed by atoms with Crippen LogP contribution in [0.2, 0.25) is 0 Å². The van der Waals surface area contributed by atoms with Gasteiger partial charge in [-0.05, 0) is 24.6 Å². The smallest absolute Gasteiger partial charge is 0.168 e. The maximum Gasteiger partial charge on any atom is 0.168 e. The number of nitrogens with zero attached hydrogens (tertiary/aromatic N) is 1. The van der Waals surface area contributed by atoms with E-state index in [1.54, 1.807) is 18.2 Å². The van der Waals surface area contributed by atoms with E-state index < -0.39 is 5.82 Å². The Morgan fingerprint density at radius 3 is 2.79 bits per heavy atom. The van der Waals surface area contributed by atoms with Gasteiger partial charge in [-0.25, -0.2) is 9.37 Å².